The van der Waals surface area contributed by atoms with E-state index in [9.17, 15) is 4.79 Å². The lowest BCUT2D eigenvalue weighted by Gasteiger charge is -1.96. The molecule has 0 radical (unpaired) electrons. The van der Waals surface area contributed by atoms with E-state index >= 15 is 0 Å². The first-order chi connectivity index (χ1) is 6.15. The molecule has 0 saturated carbocycles. The SMILES string of the molecule is CNCCc1oc(C(=O)O)cc1C. The van der Waals surface area contributed by atoms with Crippen molar-refractivity contribution in [1.82, 2.24) is 5.32 Å². The third-order valence-corrected chi connectivity index (χ3v) is 1.83. The van der Waals surface area contributed by atoms with Crippen LogP contribution in [0.2, 0.25) is 0 Å². The highest BCUT2D eigenvalue weighted by molar-refractivity contribution is 5.84. The second kappa shape index (κ2) is 4.09. The van der Waals surface area contributed by atoms with Crippen molar-refractivity contribution >= 4 is 5.97 Å². The summed E-state index contributed by atoms with van der Waals surface area (Å²) < 4.78 is 5.14. The maximum Gasteiger partial charge on any atom is 0.371 e. The average molecular weight is 183 g/mol. The summed E-state index contributed by atoms with van der Waals surface area (Å²) in [6.45, 7) is 2.63. The van der Waals surface area contributed by atoms with E-state index in [-0.39, 0.29) is 5.76 Å². The minimum absolute atomic E-state index is 0.0172. The van der Waals surface area contributed by atoms with Gasteiger partial charge in [-0.25, -0.2) is 4.79 Å². The molecule has 1 aromatic heterocycles. The zero-order chi connectivity index (χ0) is 9.84. The van der Waals surface area contributed by atoms with Crippen molar-refractivity contribution in [2.75, 3.05) is 13.6 Å². The van der Waals surface area contributed by atoms with Gasteiger partial charge in [-0.1, -0.05) is 0 Å². The first-order valence-corrected chi connectivity index (χ1v) is 4.12. The third kappa shape index (κ3) is 2.32. The molecule has 0 aromatic carbocycles. The van der Waals surface area contributed by atoms with E-state index in [0.29, 0.717) is 0 Å². The van der Waals surface area contributed by atoms with Gasteiger partial charge in [-0.2, -0.15) is 0 Å². The van der Waals surface area contributed by atoms with E-state index < -0.39 is 5.97 Å². The van der Waals surface area contributed by atoms with Gasteiger partial charge in [-0.15, -0.1) is 0 Å². The van der Waals surface area contributed by atoms with Crippen molar-refractivity contribution in [1.29, 1.82) is 0 Å². The van der Waals surface area contributed by atoms with Gasteiger partial charge in [0.15, 0.2) is 0 Å². The summed E-state index contributed by atoms with van der Waals surface area (Å²) in [5.74, 6) is -0.255. The molecule has 0 spiro atoms. The van der Waals surface area contributed by atoms with Crippen LogP contribution < -0.4 is 5.32 Å². The highest BCUT2D eigenvalue weighted by Crippen LogP contribution is 2.14. The number of hydrogen-bond donors (Lipinski definition) is 2. The Balaban J connectivity index is 2.77. The van der Waals surface area contributed by atoms with Gasteiger partial charge in [0, 0.05) is 13.0 Å². The Kier molecular flexibility index (Phi) is 3.08. The number of nitrogens with one attached hydrogen (secondary N) is 1. The lowest BCUT2D eigenvalue weighted by Crippen LogP contribution is -2.10. The molecule has 0 saturated heterocycles. The minimum atomic E-state index is -1.01. The monoisotopic (exact) mass is 183 g/mol. The first-order valence-electron chi connectivity index (χ1n) is 4.12. The summed E-state index contributed by atoms with van der Waals surface area (Å²) in [5, 5.41) is 11.6. The number of carboxylic acid groups (broad SMARTS) is 1. The fourth-order valence-electron chi connectivity index (χ4n) is 1.11. The molecular weight excluding hydrogens is 170 g/mol. The van der Waals surface area contributed by atoms with E-state index in [0.717, 1.165) is 24.3 Å². The molecule has 1 rings (SSSR count). The summed E-state index contributed by atoms with van der Waals surface area (Å²) in [4.78, 5) is 10.5. The molecule has 0 bridgehead atoms. The molecule has 0 unspecified atom stereocenters. The zero-order valence-corrected chi connectivity index (χ0v) is 7.76. The van der Waals surface area contributed by atoms with Crippen molar-refractivity contribution in [3.8, 4) is 0 Å². The molecule has 1 aromatic rings. The Labute approximate surface area is 76.6 Å². The fourth-order valence-corrected chi connectivity index (χ4v) is 1.11. The number of likely N-dealkylation sites (N-methyl/N-ethyl adjacent to an activating group) is 1. The van der Waals surface area contributed by atoms with Crippen molar-refractivity contribution in [2.45, 2.75) is 13.3 Å². The Morgan fingerprint density at radius 1 is 1.69 bits per heavy atom. The molecule has 0 atom stereocenters. The topological polar surface area (TPSA) is 62.5 Å². The molecule has 0 amide bonds. The van der Waals surface area contributed by atoms with Crippen LogP contribution in [0.5, 0.6) is 0 Å². The van der Waals surface area contributed by atoms with E-state index in [1.807, 2.05) is 14.0 Å². The number of carboxylic acids is 1. The summed E-state index contributed by atoms with van der Waals surface area (Å²) >= 11 is 0. The van der Waals surface area contributed by atoms with Crippen LogP contribution in [-0.2, 0) is 6.42 Å². The van der Waals surface area contributed by atoms with E-state index in [4.69, 9.17) is 9.52 Å². The second-order valence-electron chi connectivity index (χ2n) is 2.88. The number of aromatic carboxylic acids is 1. The Morgan fingerprint density at radius 2 is 2.38 bits per heavy atom. The molecule has 4 nitrogen and oxygen atoms in total. The fraction of sp³-hybridized carbons (Fsp3) is 0.444. The van der Waals surface area contributed by atoms with Crippen molar-refractivity contribution in [3.05, 3.63) is 23.2 Å². The van der Waals surface area contributed by atoms with Crippen LogP contribution in [0.25, 0.3) is 0 Å². The van der Waals surface area contributed by atoms with Gasteiger partial charge in [0.05, 0.1) is 0 Å². The van der Waals surface area contributed by atoms with Crippen molar-refractivity contribution in [3.63, 3.8) is 0 Å². The maximum atomic E-state index is 10.5. The largest absolute Gasteiger partial charge is 0.475 e. The predicted molar refractivity (Wildman–Crippen MR) is 48.0 cm³/mol. The molecule has 0 fully saturated rings. The van der Waals surface area contributed by atoms with Crippen LogP contribution in [0.1, 0.15) is 21.9 Å². The highest BCUT2D eigenvalue weighted by atomic mass is 16.4. The van der Waals surface area contributed by atoms with E-state index in [1.165, 1.54) is 0 Å². The highest BCUT2D eigenvalue weighted by Gasteiger charge is 2.12. The lowest BCUT2D eigenvalue weighted by molar-refractivity contribution is 0.0660. The zero-order valence-electron chi connectivity index (χ0n) is 7.76. The summed E-state index contributed by atoms with van der Waals surface area (Å²) in [6, 6.07) is 1.55. The third-order valence-electron chi connectivity index (χ3n) is 1.83. The molecule has 72 valence electrons. The summed E-state index contributed by atoms with van der Waals surface area (Å²) in [5.41, 5.74) is 0.896. The van der Waals surface area contributed by atoms with Crippen LogP contribution in [0.3, 0.4) is 0 Å². The van der Waals surface area contributed by atoms with Gasteiger partial charge in [0.1, 0.15) is 5.76 Å². The van der Waals surface area contributed by atoms with E-state index in [1.54, 1.807) is 6.07 Å². The molecule has 1 heterocycles. The predicted octanol–water partition coefficient (Wildman–Crippen LogP) is 1.05. The molecule has 2 N–H and O–H groups in total. The quantitative estimate of drug-likeness (QED) is 0.732. The average Bonchev–Trinajstić information content (AvgIpc) is 2.44. The van der Waals surface area contributed by atoms with Crippen LogP contribution in [0, 0.1) is 6.92 Å². The van der Waals surface area contributed by atoms with Crippen molar-refractivity contribution < 1.29 is 14.3 Å². The summed E-state index contributed by atoms with van der Waals surface area (Å²) in [7, 11) is 1.84. The Morgan fingerprint density at radius 3 is 2.85 bits per heavy atom. The van der Waals surface area contributed by atoms with Crippen LogP contribution >= 0.6 is 0 Å². The van der Waals surface area contributed by atoms with Gasteiger partial charge < -0.3 is 14.8 Å². The molecule has 13 heavy (non-hydrogen) atoms. The Hall–Kier alpha value is -1.29. The second-order valence-corrected chi connectivity index (χ2v) is 2.88. The van der Waals surface area contributed by atoms with Gasteiger partial charge in [0.2, 0.25) is 5.76 Å². The molecule has 4 heteroatoms. The molecule has 0 aliphatic rings. The summed E-state index contributed by atoms with van der Waals surface area (Å²) in [6.07, 6.45) is 0.718. The van der Waals surface area contributed by atoms with Gasteiger partial charge in [0.25, 0.3) is 0 Å². The van der Waals surface area contributed by atoms with E-state index in [2.05, 4.69) is 5.32 Å². The number of aryl methyl sites for hydroxylation is 1. The van der Waals surface area contributed by atoms with Crippen molar-refractivity contribution in [2.24, 2.45) is 0 Å². The number of furan rings is 1. The molecule has 0 aliphatic heterocycles. The lowest BCUT2D eigenvalue weighted by atomic mass is 10.2. The molecular formula is C9H13NO3. The smallest absolute Gasteiger partial charge is 0.371 e. The van der Waals surface area contributed by atoms with Crippen LogP contribution in [-0.4, -0.2) is 24.7 Å². The standard InChI is InChI=1S/C9H13NO3/c1-6-5-8(9(11)12)13-7(6)3-4-10-2/h5,10H,3-4H2,1-2H3,(H,11,12). The maximum absolute atomic E-state index is 10.5. The normalized spacial score (nSPS) is 10.3. The first kappa shape index (κ1) is 9.80. The van der Waals surface area contributed by atoms with Gasteiger partial charge in [-0.05, 0) is 25.6 Å². The van der Waals surface area contributed by atoms with Gasteiger partial charge in [-0.3, -0.25) is 0 Å². The number of carbonyl (C=O) groups is 1. The minimum Gasteiger partial charge on any atom is -0.475 e. The van der Waals surface area contributed by atoms with Crippen LogP contribution in [0.4, 0.5) is 0 Å². The number of rotatable bonds is 4. The van der Waals surface area contributed by atoms with Crippen LogP contribution in [0.15, 0.2) is 10.5 Å². The molecule has 0 aliphatic carbocycles. The van der Waals surface area contributed by atoms with Gasteiger partial charge >= 0.3 is 5.97 Å². The number of hydrogen-bond acceptors (Lipinski definition) is 3. The Bertz CT molecular complexity index is 304.